The zero-order valence-electron chi connectivity index (χ0n) is 18.7. The van der Waals surface area contributed by atoms with Crippen molar-refractivity contribution in [1.82, 2.24) is 0 Å². The largest absolute Gasteiger partial charge is 0.321 e. The van der Waals surface area contributed by atoms with Gasteiger partial charge >= 0.3 is 0 Å². The van der Waals surface area contributed by atoms with Gasteiger partial charge in [0.1, 0.15) is 0 Å². The van der Waals surface area contributed by atoms with E-state index >= 15 is 0 Å². The third kappa shape index (κ3) is 5.88. The molecule has 3 aromatic rings. The number of halogens is 2. The number of benzene rings is 3. The van der Waals surface area contributed by atoms with Crippen LogP contribution >= 0.6 is 23.2 Å². The van der Waals surface area contributed by atoms with Crippen molar-refractivity contribution in [2.24, 2.45) is 0 Å². The minimum atomic E-state index is -3.63. The fraction of sp³-hybridized carbons (Fsp3) is 0.240. The second-order valence-electron chi connectivity index (χ2n) is 7.65. The van der Waals surface area contributed by atoms with Gasteiger partial charge in [-0.25, -0.2) is 8.42 Å². The Balaban J connectivity index is 1.84. The van der Waals surface area contributed by atoms with Gasteiger partial charge in [-0.05, 0) is 53.8 Å². The van der Waals surface area contributed by atoms with Gasteiger partial charge < -0.3 is 5.32 Å². The number of carbonyl (C=O) groups excluding carboxylic acids is 1. The molecule has 0 saturated heterocycles. The van der Waals surface area contributed by atoms with Crippen LogP contribution in [0.3, 0.4) is 0 Å². The number of sulfonamides is 1. The van der Waals surface area contributed by atoms with Gasteiger partial charge in [0.05, 0.1) is 28.5 Å². The summed E-state index contributed by atoms with van der Waals surface area (Å²) in [5.41, 5.74) is 4.52. The number of nitrogens with zero attached hydrogens (tertiary/aromatic N) is 1. The number of anilines is 2. The Kier molecular flexibility index (Phi) is 8.05. The van der Waals surface area contributed by atoms with Crippen molar-refractivity contribution in [2.75, 3.05) is 15.9 Å². The molecule has 0 radical (unpaired) electrons. The summed E-state index contributed by atoms with van der Waals surface area (Å²) in [6.45, 7) is 4.16. The Morgan fingerprint density at radius 2 is 1.48 bits per heavy atom. The van der Waals surface area contributed by atoms with E-state index < -0.39 is 10.0 Å². The van der Waals surface area contributed by atoms with E-state index in [0.717, 1.165) is 35.9 Å². The van der Waals surface area contributed by atoms with E-state index in [9.17, 15) is 13.2 Å². The average molecular weight is 505 g/mol. The molecular formula is C25H26Cl2N2O3S. The first-order valence-electron chi connectivity index (χ1n) is 10.6. The highest BCUT2D eigenvalue weighted by Gasteiger charge is 2.22. The van der Waals surface area contributed by atoms with Gasteiger partial charge in [0, 0.05) is 11.3 Å². The SMILES string of the molecule is CCc1cccc(CC)c1NC(=O)c1ccc(CN(c2cccc(Cl)c2Cl)S(C)(=O)=O)cc1. The van der Waals surface area contributed by atoms with Crippen LogP contribution in [0.5, 0.6) is 0 Å². The van der Waals surface area contributed by atoms with Crippen LogP contribution in [0, 0.1) is 0 Å². The zero-order chi connectivity index (χ0) is 24.2. The van der Waals surface area contributed by atoms with Crippen molar-refractivity contribution >= 4 is 50.5 Å². The average Bonchev–Trinajstić information content (AvgIpc) is 2.79. The highest BCUT2D eigenvalue weighted by Crippen LogP contribution is 2.34. The lowest BCUT2D eigenvalue weighted by Gasteiger charge is -2.24. The van der Waals surface area contributed by atoms with Gasteiger partial charge in [-0.15, -0.1) is 0 Å². The van der Waals surface area contributed by atoms with Crippen LogP contribution < -0.4 is 9.62 Å². The molecule has 0 aliphatic heterocycles. The summed E-state index contributed by atoms with van der Waals surface area (Å²) in [7, 11) is -3.63. The highest BCUT2D eigenvalue weighted by atomic mass is 35.5. The molecule has 5 nitrogen and oxygen atoms in total. The third-order valence-electron chi connectivity index (χ3n) is 5.38. The molecule has 0 unspecified atom stereocenters. The smallest absolute Gasteiger partial charge is 0.255 e. The van der Waals surface area contributed by atoms with Gasteiger partial charge in [0.2, 0.25) is 10.0 Å². The molecule has 0 aliphatic carbocycles. The number of para-hydroxylation sites is 1. The van der Waals surface area contributed by atoms with Crippen molar-refractivity contribution in [1.29, 1.82) is 0 Å². The van der Waals surface area contributed by atoms with Gasteiger partial charge in [-0.2, -0.15) is 0 Å². The van der Waals surface area contributed by atoms with E-state index in [-0.39, 0.29) is 22.5 Å². The maximum atomic E-state index is 12.9. The summed E-state index contributed by atoms with van der Waals surface area (Å²) >= 11 is 12.3. The van der Waals surface area contributed by atoms with Crippen molar-refractivity contribution < 1.29 is 13.2 Å². The lowest BCUT2D eigenvalue weighted by atomic mass is 10.0. The maximum absolute atomic E-state index is 12.9. The normalized spacial score (nSPS) is 11.3. The van der Waals surface area contributed by atoms with E-state index in [1.807, 2.05) is 18.2 Å². The maximum Gasteiger partial charge on any atom is 0.255 e. The predicted octanol–water partition coefficient (Wildman–Crippen LogP) is 6.34. The van der Waals surface area contributed by atoms with E-state index in [1.54, 1.807) is 42.5 Å². The van der Waals surface area contributed by atoms with Crippen LogP contribution in [0.25, 0.3) is 0 Å². The first-order chi connectivity index (χ1) is 15.7. The Hall–Kier alpha value is -2.54. The molecule has 3 rings (SSSR count). The number of carbonyl (C=O) groups is 1. The van der Waals surface area contributed by atoms with E-state index in [1.165, 1.54) is 4.31 Å². The van der Waals surface area contributed by atoms with Crippen LogP contribution in [-0.4, -0.2) is 20.6 Å². The van der Waals surface area contributed by atoms with Crippen molar-refractivity contribution in [2.45, 2.75) is 33.2 Å². The molecule has 1 amide bonds. The zero-order valence-corrected chi connectivity index (χ0v) is 21.1. The quantitative estimate of drug-likeness (QED) is 0.389. The molecule has 174 valence electrons. The number of rotatable bonds is 8. The molecular weight excluding hydrogens is 479 g/mol. The van der Waals surface area contributed by atoms with Crippen LogP contribution in [0.2, 0.25) is 10.0 Å². The summed E-state index contributed by atoms with van der Waals surface area (Å²) in [6, 6.07) is 17.7. The highest BCUT2D eigenvalue weighted by molar-refractivity contribution is 7.92. The van der Waals surface area contributed by atoms with E-state index in [0.29, 0.717) is 16.8 Å². The Morgan fingerprint density at radius 1 is 0.909 bits per heavy atom. The number of hydrogen-bond donors (Lipinski definition) is 1. The molecule has 33 heavy (non-hydrogen) atoms. The predicted molar refractivity (Wildman–Crippen MR) is 137 cm³/mol. The van der Waals surface area contributed by atoms with Crippen molar-refractivity contribution in [3.8, 4) is 0 Å². The second-order valence-corrected chi connectivity index (χ2v) is 10.3. The van der Waals surface area contributed by atoms with E-state index in [2.05, 4.69) is 19.2 Å². The van der Waals surface area contributed by atoms with Crippen LogP contribution in [0.1, 0.15) is 40.9 Å². The molecule has 0 spiro atoms. The van der Waals surface area contributed by atoms with Crippen LogP contribution in [-0.2, 0) is 29.4 Å². The summed E-state index contributed by atoms with van der Waals surface area (Å²) in [5, 5.41) is 3.48. The molecule has 0 bridgehead atoms. The summed E-state index contributed by atoms with van der Waals surface area (Å²) in [5.74, 6) is -0.213. The third-order valence-corrected chi connectivity index (χ3v) is 7.32. The van der Waals surface area contributed by atoms with Gasteiger partial charge in [0.25, 0.3) is 5.91 Å². The Labute approximate surface area is 205 Å². The number of amides is 1. The molecule has 0 aliphatic rings. The summed E-state index contributed by atoms with van der Waals surface area (Å²) < 4.78 is 26.1. The fourth-order valence-corrected chi connectivity index (χ4v) is 4.92. The van der Waals surface area contributed by atoms with E-state index in [4.69, 9.17) is 23.2 Å². The van der Waals surface area contributed by atoms with Crippen LogP contribution in [0.15, 0.2) is 60.7 Å². The molecule has 0 saturated carbocycles. The van der Waals surface area contributed by atoms with Gasteiger partial charge in [-0.1, -0.05) is 73.4 Å². The molecule has 8 heteroatoms. The second kappa shape index (κ2) is 10.6. The molecule has 0 heterocycles. The molecule has 0 fully saturated rings. The van der Waals surface area contributed by atoms with Crippen LogP contribution in [0.4, 0.5) is 11.4 Å². The lowest BCUT2D eigenvalue weighted by molar-refractivity contribution is 0.102. The number of hydrogen-bond acceptors (Lipinski definition) is 3. The molecule has 0 atom stereocenters. The topological polar surface area (TPSA) is 66.5 Å². The standard InChI is InChI=1S/C25H26Cl2N2O3S/c1-4-18-8-6-9-19(5-2)24(18)28-25(30)20-14-12-17(13-15-20)16-29(33(3,31)32)22-11-7-10-21(26)23(22)27/h6-15H,4-5,16H2,1-3H3,(H,28,30). The van der Waals surface area contributed by atoms with Gasteiger partial charge in [-0.3, -0.25) is 9.10 Å². The number of nitrogens with one attached hydrogen (secondary N) is 1. The van der Waals surface area contributed by atoms with Crippen molar-refractivity contribution in [3.05, 3.63) is 93.0 Å². The first kappa shape index (κ1) is 25.1. The Morgan fingerprint density at radius 3 is 2.03 bits per heavy atom. The fourth-order valence-electron chi connectivity index (χ4n) is 3.58. The summed E-state index contributed by atoms with van der Waals surface area (Å²) in [4.78, 5) is 12.9. The monoisotopic (exact) mass is 504 g/mol. The number of aryl methyl sites for hydroxylation is 2. The molecule has 1 N–H and O–H groups in total. The first-order valence-corrected chi connectivity index (χ1v) is 13.2. The van der Waals surface area contributed by atoms with Crippen molar-refractivity contribution in [3.63, 3.8) is 0 Å². The minimum Gasteiger partial charge on any atom is -0.321 e. The lowest BCUT2D eigenvalue weighted by Crippen LogP contribution is -2.29. The Bertz CT molecular complexity index is 1240. The summed E-state index contributed by atoms with van der Waals surface area (Å²) in [6.07, 6.45) is 2.74. The molecule has 3 aromatic carbocycles. The molecule has 0 aromatic heterocycles. The van der Waals surface area contributed by atoms with Gasteiger partial charge in [0.15, 0.2) is 0 Å². The minimum absolute atomic E-state index is 0.0550.